The Labute approximate surface area is 165 Å². The lowest BCUT2D eigenvalue weighted by Gasteiger charge is -2.07. The Morgan fingerprint density at radius 1 is 0.679 bits per heavy atom. The number of benzene rings is 4. The molecule has 0 radical (unpaired) electrons. The molecule has 0 unspecified atom stereocenters. The maximum absolute atomic E-state index is 11.5. The average molecular weight is 366 g/mol. The molecule has 4 aromatic rings. The highest BCUT2D eigenvalue weighted by atomic mass is 16.5. The average Bonchev–Trinajstić information content (AvgIpc) is 2.77. The van der Waals surface area contributed by atoms with E-state index in [0.29, 0.717) is 5.56 Å². The lowest BCUT2D eigenvalue weighted by Crippen LogP contribution is -2.01. The van der Waals surface area contributed by atoms with Crippen molar-refractivity contribution in [2.24, 2.45) is 0 Å². The van der Waals surface area contributed by atoms with Crippen molar-refractivity contribution in [2.75, 3.05) is 7.11 Å². The summed E-state index contributed by atoms with van der Waals surface area (Å²) < 4.78 is 4.74. The molecular formula is C26H22O2. The van der Waals surface area contributed by atoms with Crippen LogP contribution in [0.5, 0.6) is 0 Å². The summed E-state index contributed by atoms with van der Waals surface area (Å²) >= 11 is 0. The van der Waals surface area contributed by atoms with Gasteiger partial charge in [-0.05, 0) is 64.1 Å². The molecule has 0 aliphatic carbocycles. The molecule has 2 heteroatoms. The Morgan fingerprint density at radius 3 is 1.89 bits per heavy atom. The SMILES string of the molecule is COC(=O)c1ccc(CCc2ccc(-c3ccc4ccccc4c3)cc2)cc1. The van der Waals surface area contributed by atoms with Gasteiger partial charge in [0, 0.05) is 0 Å². The zero-order chi connectivity index (χ0) is 19.3. The molecule has 0 bridgehead atoms. The van der Waals surface area contributed by atoms with Crippen LogP contribution in [0.1, 0.15) is 21.5 Å². The summed E-state index contributed by atoms with van der Waals surface area (Å²) in [6.45, 7) is 0. The minimum absolute atomic E-state index is 0.296. The van der Waals surface area contributed by atoms with Gasteiger partial charge in [0.15, 0.2) is 0 Å². The third-order valence-electron chi connectivity index (χ3n) is 5.11. The first-order chi connectivity index (χ1) is 13.7. The highest BCUT2D eigenvalue weighted by Crippen LogP contribution is 2.25. The van der Waals surface area contributed by atoms with Crippen molar-refractivity contribution >= 4 is 16.7 Å². The Kier molecular flexibility index (Phi) is 5.20. The molecular weight excluding hydrogens is 344 g/mol. The number of aryl methyl sites for hydroxylation is 2. The van der Waals surface area contributed by atoms with Crippen LogP contribution in [0.3, 0.4) is 0 Å². The minimum atomic E-state index is -0.296. The van der Waals surface area contributed by atoms with Crippen molar-refractivity contribution in [3.63, 3.8) is 0 Å². The molecule has 2 nitrogen and oxygen atoms in total. The summed E-state index contributed by atoms with van der Waals surface area (Å²) in [5.74, 6) is -0.296. The van der Waals surface area contributed by atoms with Crippen LogP contribution in [0.2, 0.25) is 0 Å². The molecule has 0 fully saturated rings. The normalized spacial score (nSPS) is 10.8. The van der Waals surface area contributed by atoms with Crippen LogP contribution in [-0.4, -0.2) is 13.1 Å². The molecule has 0 aromatic heterocycles. The molecule has 4 rings (SSSR count). The van der Waals surface area contributed by atoms with Gasteiger partial charge in [0.05, 0.1) is 12.7 Å². The van der Waals surface area contributed by atoms with E-state index in [0.717, 1.165) is 12.8 Å². The second-order valence-corrected chi connectivity index (χ2v) is 6.95. The van der Waals surface area contributed by atoms with Crippen LogP contribution in [0.4, 0.5) is 0 Å². The van der Waals surface area contributed by atoms with Crippen molar-refractivity contribution < 1.29 is 9.53 Å². The van der Waals surface area contributed by atoms with Gasteiger partial charge < -0.3 is 4.74 Å². The van der Waals surface area contributed by atoms with Gasteiger partial charge in [-0.15, -0.1) is 0 Å². The number of rotatable bonds is 5. The van der Waals surface area contributed by atoms with Gasteiger partial charge in [0.25, 0.3) is 0 Å². The highest BCUT2D eigenvalue weighted by Gasteiger charge is 2.05. The number of carbonyl (C=O) groups excluding carboxylic acids is 1. The Bertz CT molecular complexity index is 1090. The van der Waals surface area contributed by atoms with Crippen molar-refractivity contribution in [1.82, 2.24) is 0 Å². The van der Waals surface area contributed by atoms with E-state index in [1.165, 1.54) is 40.1 Å². The van der Waals surface area contributed by atoms with Gasteiger partial charge in [-0.25, -0.2) is 4.79 Å². The molecule has 138 valence electrons. The van der Waals surface area contributed by atoms with E-state index in [9.17, 15) is 4.79 Å². The molecule has 0 saturated carbocycles. The minimum Gasteiger partial charge on any atom is -0.465 e. The van der Waals surface area contributed by atoms with Crippen LogP contribution in [-0.2, 0) is 17.6 Å². The first-order valence-corrected chi connectivity index (χ1v) is 9.48. The highest BCUT2D eigenvalue weighted by molar-refractivity contribution is 5.89. The number of hydrogen-bond donors (Lipinski definition) is 0. The zero-order valence-corrected chi connectivity index (χ0v) is 15.9. The van der Waals surface area contributed by atoms with Gasteiger partial charge in [-0.2, -0.15) is 0 Å². The molecule has 0 amide bonds. The van der Waals surface area contributed by atoms with Gasteiger partial charge >= 0.3 is 5.97 Å². The molecule has 0 aliphatic rings. The maximum Gasteiger partial charge on any atom is 0.337 e. The van der Waals surface area contributed by atoms with E-state index in [1.807, 2.05) is 24.3 Å². The quantitative estimate of drug-likeness (QED) is 0.400. The summed E-state index contributed by atoms with van der Waals surface area (Å²) in [6, 6.07) is 31.5. The van der Waals surface area contributed by atoms with Gasteiger partial charge in [-0.3, -0.25) is 0 Å². The van der Waals surface area contributed by atoms with Crippen molar-refractivity contribution in [3.8, 4) is 11.1 Å². The second kappa shape index (κ2) is 8.10. The fourth-order valence-corrected chi connectivity index (χ4v) is 3.45. The molecule has 0 aliphatic heterocycles. The topological polar surface area (TPSA) is 26.3 Å². The first-order valence-electron chi connectivity index (χ1n) is 9.48. The molecule has 0 saturated heterocycles. The standard InChI is InChI=1S/C26H22O2/c1-28-26(27)23-14-10-20(11-15-23)7-6-19-8-12-22(13-9-19)25-17-16-21-4-2-3-5-24(21)18-25/h2-5,8-18H,6-7H2,1H3. The van der Waals surface area contributed by atoms with Crippen molar-refractivity contribution in [2.45, 2.75) is 12.8 Å². The Hall–Kier alpha value is -3.39. The van der Waals surface area contributed by atoms with Crippen LogP contribution < -0.4 is 0 Å². The lowest BCUT2D eigenvalue weighted by atomic mass is 9.98. The summed E-state index contributed by atoms with van der Waals surface area (Å²) in [7, 11) is 1.40. The molecule has 0 N–H and O–H groups in total. The Morgan fingerprint density at radius 2 is 1.25 bits per heavy atom. The second-order valence-electron chi connectivity index (χ2n) is 6.95. The van der Waals surface area contributed by atoms with Crippen LogP contribution in [0, 0.1) is 0 Å². The van der Waals surface area contributed by atoms with Crippen LogP contribution in [0.25, 0.3) is 21.9 Å². The van der Waals surface area contributed by atoms with Crippen LogP contribution in [0.15, 0.2) is 91.0 Å². The summed E-state index contributed by atoms with van der Waals surface area (Å²) in [6.07, 6.45) is 1.91. The Balaban J connectivity index is 1.43. The maximum atomic E-state index is 11.5. The number of methoxy groups -OCH3 is 1. The number of ether oxygens (including phenoxy) is 1. The fourth-order valence-electron chi connectivity index (χ4n) is 3.45. The van der Waals surface area contributed by atoms with E-state index >= 15 is 0 Å². The predicted octanol–water partition coefficient (Wildman–Crippen LogP) is 6.08. The smallest absolute Gasteiger partial charge is 0.337 e. The summed E-state index contributed by atoms with van der Waals surface area (Å²) in [5.41, 5.74) is 5.58. The van der Waals surface area contributed by atoms with E-state index in [4.69, 9.17) is 4.74 Å². The number of hydrogen-bond acceptors (Lipinski definition) is 2. The third-order valence-corrected chi connectivity index (χ3v) is 5.11. The van der Waals surface area contributed by atoms with Gasteiger partial charge in [0.2, 0.25) is 0 Å². The van der Waals surface area contributed by atoms with Gasteiger partial charge in [0.1, 0.15) is 0 Å². The lowest BCUT2D eigenvalue weighted by molar-refractivity contribution is 0.0600. The number of esters is 1. The van der Waals surface area contributed by atoms with E-state index in [-0.39, 0.29) is 5.97 Å². The fraction of sp³-hybridized carbons (Fsp3) is 0.115. The van der Waals surface area contributed by atoms with E-state index < -0.39 is 0 Å². The molecule has 0 heterocycles. The summed E-state index contributed by atoms with van der Waals surface area (Å²) in [5, 5.41) is 2.53. The number of fused-ring (bicyclic) bond motifs is 1. The van der Waals surface area contributed by atoms with E-state index in [2.05, 4.69) is 66.7 Å². The molecule has 0 atom stereocenters. The van der Waals surface area contributed by atoms with E-state index in [1.54, 1.807) is 0 Å². The van der Waals surface area contributed by atoms with Gasteiger partial charge in [-0.1, -0.05) is 72.8 Å². The largest absolute Gasteiger partial charge is 0.465 e. The first kappa shape index (κ1) is 18.0. The third kappa shape index (κ3) is 3.96. The molecule has 28 heavy (non-hydrogen) atoms. The number of carbonyl (C=O) groups is 1. The monoisotopic (exact) mass is 366 g/mol. The van der Waals surface area contributed by atoms with Crippen molar-refractivity contribution in [1.29, 1.82) is 0 Å². The molecule has 4 aromatic carbocycles. The summed E-state index contributed by atoms with van der Waals surface area (Å²) in [4.78, 5) is 11.5. The predicted molar refractivity (Wildman–Crippen MR) is 115 cm³/mol. The van der Waals surface area contributed by atoms with Crippen molar-refractivity contribution in [3.05, 3.63) is 108 Å². The molecule has 0 spiro atoms. The van der Waals surface area contributed by atoms with Crippen LogP contribution >= 0.6 is 0 Å². The zero-order valence-electron chi connectivity index (χ0n) is 15.9.